The van der Waals surface area contributed by atoms with Crippen molar-refractivity contribution in [3.8, 4) is 11.5 Å². The molecule has 0 spiro atoms. The van der Waals surface area contributed by atoms with Gasteiger partial charge < -0.3 is 14.2 Å². The normalized spacial score (nSPS) is 21.8. The van der Waals surface area contributed by atoms with Gasteiger partial charge in [0.2, 0.25) is 5.91 Å². The van der Waals surface area contributed by atoms with Gasteiger partial charge in [0.1, 0.15) is 5.82 Å². The number of amides is 1. The Morgan fingerprint density at radius 3 is 2.40 bits per heavy atom. The van der Waals surface area contributed by atoms with Crippen molar-refractivity contribution < 1.29 is 19.0 Å². The molecule has 2 saturated carbocycles. The third kappa shape index (κ3) is 3.76. The van der Waals surface area contributed by atoms with Gasteiger partial charge in [-0.15, -0.1) is 0 Å². The quantitative estimate of drug-likeness (QED) is 0.780. The molecule has 30 heavy (non-hydrogen) atoms. The van der Waals surface area contributed by atoms with Crippen molar-refractivity contribution in [2.45, 2.75) is 57.0 Å². The van der Waals surface area contributed by atoms with Crippen LogP contribution >= 0.6 is 0 Å². The minimum Gasteiger partial charge on any atom is -0.493 e. The van der Waals surface area contributed by atoms with Gasteiger partial charge in [0.15, 0.2) is 11.5 Å². The van der Waals surface area contributed by atoms with Gasteiger partial charge in [-0.05, 0) is 38.2 Å². The van der Waals surface area contributed by atoms with Gasteiger partial charge in [0.25, 0.3) is 5.56 Å². The van der Waals surface area contributed by atoms with Crippen molar-refractivity contribution in [1.82, 2.24) is 9.66 Å². The van der Waals surface area contributed by atoms with Crippen molar-refractivity contribution in [1.29, 1.82) is 0 Å². The maximum atomic E-state index is 13.4. The molecule has 4 rings (SSSR count). The highest BCUT2D eigenvalue weighted by Gasteiger charge is 2.30. The van der Waals surface area contributed by atoms with E-state index in [-0.39, 0.29) is 29.4 Å². The summed E-state index contributed by atoms with van der Waals surface area (Å²) in [6.45, 7) is 0. The summed E-state index contributed by atoms with van der Waals surface area (Å²) in [7, 11) is 4.75. The Kier molecular flexibility index (Phi) is 5.94. The third-order valence-corrected chi connectivity index (χ3v) is 6.42. The summed E-state index contributed by atoms with van der Waals surface area (Å²) < 4.78 is 17.5. The fraction of sp³-hybridized carbons (Fsp3) is 0.591. The lowest BCUT2D eigenvalue weighted by Crippen LogP contribution is -2.42. The highest BCUT2D eigenvalue weighted by atomic mass is 16.5. The van der Waals surface area contributed by atoms with Gasteiger partial charge in [0, 0.05) is 25.0 Å². The fourth-order valence-corrected chi connectivity index (χ4v) is 4.38. The van der Waals surface area contributed by atoms with Crippen LogP contribution in [0.2, 0.25) is 0 Å². The lowest BCUT2D eigenvalue weighted by Gasteiger charge is -2.30. The molecule has 0 radical (unpaired) electrons. The molecule has 2 aliphatic carbocycles. The summed E-state index contributed by atoms with van der Waals surface area (Å²) in [6.07, 6.45) is 6.46. The Morgan fingerprint density at radius 2 is 1.77 bits per heavy atom. The average molecular weight is 415 g/mol. The van der Waals surface area contributed by atoms with Gasteiger partial charge in [-0.3, -0.25) is 15.0 Å². The van der Waals surface area contributed by atoms with E-state index in [9.17, 15) is 9.59 Å². The van der Waals surface area contributed by atoms with Crippen LogP contribution in [-0.4, -0.2) is 43.0 Å². The number of aromatic nitrogens is 2. The molecule has 1 amide bonds. The Balaban J connectivity index is 1.74. The number of rotatable bonds is 6. The molecule has 2 fully saturated rings. The van der Waals surface area contributed by atoms with E-state index in [0.29, 0.717) is 34.6 Å². The number of benzene rings is 1. The Morgan fingerprint density at radius 1 is 1.07 bits per heavy atom. The van der Waals surface area contributed by atoms with E-state index in [1.165, 1.54) is 11.8 Å². The smallest absolute Gasteiger partial charge is 0.280 e. The topological polar surface area (TPSA) is 91.7 Å². The highest BCUT2D eigenvalue weighted by molar-refractivity contribution is 5.87. The monoisotopic (exact) mass is 415 g/mol. The first-order chi connectivity index (χ1) is 14.5. The van der Waals surface area contributed by atoms with E-state index in [0.717, 1.165) is 38.5 Å². The molecule has 8 nitrogen and oxygen atoms in total. The van der Waals surface area contributed by atoms with Crippen molar-refractivity contribution >= 4 is 16.8 Å². The average Bonchev–Trinajstić information content (AvgIpc) is 2.74. The number of nitrogens with zero attached hydrogens (tertiary/aromatic N) is 2. The molecule has 1 heterocycles. The van der Waals surface area contributed by atoms with Crippen LogP contribution in [0.1, 0.15) is 56.7 Å². The standard InChI is InChI=1S/C22H29N3O5/c1-28-15-9-5-8-14(10-15)21(26)24-25-20(13-6-4-7-13)23-17-12-19(30-3)18(29-2)11-16(17)22(25)27/h11-15H,4-10H2,1-3H3,(H,24,26)/t14-,15-/m0/s1. The molecule has 2 atom stereocenters. The van der Waals surface area contributed by atoms with Crippen LogP contribution < -0.4 is 20.5 Å². The minimum absolute atomic E-state index is 0.0868. The zero-order valence-electron chi connectivity index (χ0n) is 17.8. The predicted molar refractivity (Wildman–Crippen MR) is 113 cm³/mol. The zero-order valence-corrected chi connectivity index (χ0v) is 17.8. The summed E-state index contributed by atoms with van der Waals surface area (Å²) in [6, 6.07) is 3.34. The van der Waals surface area contributed by atoms with Crippen molar-refractivity contribution in [2.75, 3.05) is 26.8 Å². The number of hydrogen-bond donors (Lipinski definition) is 1. The minimum atomic E-state index is -0.296. The van der Waals surface area contributed by atoms with E-state index in [2.05, 4.69) is 5.43 Å². The lowest BCUT2D eigenvalue weighted by atomic mass is 9.84. The number of hydrogen-bond acceptors (Lipinski definition) is 6. The van der Waals surface area contributed by atoms with Crippen LogP contribution in [0.15, 0.2) is 16.9 Å². The second kappa shape index (κ2) is 8.63. The molecule has 2 aromatic rings. The summed E-state index contributed by atoms with van der Waals surface area (Å²) in [4.78, 5) is 31.2. The summed E-state index contributed by atoms with van der Waals surface area (Å²) >= 11 is 0. The molecule has 1 N–H and O–H groups in total. The Labute approximate surface area is 175 Å². The van der Waals surface area contributed by atoms with Crippen molar-refractivity contribution in [3.63, 3.8) is 0 Å². The first kappa shape index (κ1) is 20.7. The van der Waals surface area contributed by atoms with E-state index < -0.39 is 0 Å². The fourth-order valence-electron chi connectivity index (χ4n) is 4.38. The molecule has 8 heteroatoms. The number of nitrogens with one attached hydrogen (secondary N) is 1. The van der Waals surface area contributed by atoms with Crippen molar-refractivity contribution in [3.05, 3.63) is 28.3 Å². The first-order valence-corrected chi connectivity index (χ1v) is 10.6. The lowest BCUT2D eigenvalue weighted by molar-refractivity contribution is -0.123. The summed E-state index contributed by atoms with van der Waals surface area (Å²) in [5.74, 6) is 1.42. The number of carbonyl (C=O) groups is 1. The van der Waals surface area contributed by atoms with Crippen LogP contribution in [0.5, 0.6) is 11.5 Å². The molecular formula is C22H29N3O5. The Hall–Kier alpha value is -2.61. The second-order valence-electron chi connectivity index (χ2n) is 8.16. The number of ether oxygens (including phenoxy) is 3. The first-order valence-electron chi connectivity index (χ1n) is 10.6. The van der Waals surface area contributed by atoms with Crippen LogP contribution in [0.4, 0.5) is 0 Å². The van der Waals surface area contributed by atoms with Crippen molar-refractivity contribution in [2.24, 2.45) is 5.92 Å². The molecule has 2 aliphatic rings. The predicted octanol–water partition coefficient (Wildman–Crippen LogP) is 2.96. The Bertz CT molecular complexity index is 998. The maximum absolute atomic E-state index is 13.4. The molecule has 0 aliphatic heterocycles. The SMILES string of the molecule is COc1cc2nc(C3CCC3)n(NC(=O)[C@H]3CCC[C@H](OC)C3)c(=O)c2cc1OC. The number of methoxy groups -OCH3 is 3. The molecule has 0 saturated heterocycles. The van der Waals surface area contributed by atoms with Crippen LogP contribution in [0, 0.1) is 5.92 Å². The van der Waals surface area contributed by atoms with Gasteiger partial charge in [-0.25, -0.2) is 9.66 Å². The molecule has 0 unspecified atom stereocenters. The number of fused-ring (bicyclic) bond motifs is 1. The summed E-state index contributed by atoms with van der Waals surface area (Å²) in [5.41, 5.74) is 3.12. The zero-order chi connectivity index (χ0) is 21.3. The number of carbonyl (C=O) groups excluding carboxylic acids is 1. The molecule has 1 aromatic heterocycles. The molecule has 1 aromatic carbocycles. The maximum Gasteiger partial charge on any atom is 0.280 e. The van der Waals surface area contributed by atoms with Gasteiger partial charge in [0.05, 0.1) is 31.2 Å². The summed E-state index contributed by atoms with van der Waals surface area (Å²) in [5, 5.41) is 0.384. The van der Waals surface area contributed by atoms with Gasteiger partial charge in [-0.1, -0.05) is 12.8 Å². The van der Waals surface area contributed by atoms with Crippen LogP contribution in [0.3, 0.4) is 0 Å². The largest absolute Gasteiger partial charge is 0.493 e. The molecule has 0 bridgehead atoms. The van der Waals surface area contributed by atoms with E-state index in [4.69, 9.17) is 19.2 Å². The molecular weight excluding hydrogens is 386 g/mol. The third-order valence-electron chi connectivity index (χ3n) is 6.42. The van der Waals surface area contributed by atoms with Crippen LogP contribution in [0.25, 0.3) is 10.9 Å². The van der Waals surface area contributed by atoms with E-state index in [1.807, 2.05) is 0 Å². The van der Waals surface area contributed by atoms with E-state index in [1.54, 1.807) is 26.4 Å². The van der Waals surface area contributed by atoms with Gasteiger partial charge in [-0.2, -0.15) is 0 Å². The van der Waals surface area contributed by atoms with E-state index >= 15 is 0 Å². The van der Waals surface area contributed by atoms with Crippen LogP contribution in [-0.2, 0) is 9.53 Å². The second-order valence-corrected chi connectivity index (χ2v) is 8.16. The highest BCUT2D eigenvalue weighted by Crippen LogP contribution is 2.36. The van der Waals surface area contributed by atoms with Gasteiger partial charge >= 0.3 is 0 Å². The molecule has 162 valence electrons.